The van der Waals surface area contributed by atoms with E-state index in [9.17, 15) is 4.79 Å². The van der Waals surface area contributed by atoms with E-state index in [2.05, 4.69) is 58.3 Å². The quantitative estimate of drug-likeness (QED) is 0.354. The number of amides is 1. The highest BCUT2D eigenvalue weighted by Crippen LogP contribution is 2.28. The van der Waals surface area contributed by atoms with Crippen LogP contribution in [0.25, 0.3) is 11.1 Å². The third-order valence-electron chi connectivity index (χ3n) is 8.63. The topological polar surface area (TPSA) is 62.0 Å². The first kappa shape index (κ1) is 29.6. The van der Waals surface area contributed by atoms with Gasteiger partial charge in [0, 0.05) is 49.9 Å². The molecule has 5 rings (SSSR count). The van der Waals surface area contributed by atoms with Gasteiger partial charge in [-0.3, -0.25) is 9.69 Å². The average Bonchev–Trinajstić information content (AvgIpc) is 3.01. The van der Waals surface area contributed by atoms with E-state index in [1.807, 2.05) is 36.1 Å². The van der Waals surface area contributed by atoms with E-state index in [-0.39, 0.29) is 11.8 Å². The Bertz CT molecular complexity index is 1270. The van der Waals surface area contributed by atoms with Gasteiger partial charge in [0.2, 0.25) is 5.91 Å². The molecule has 0 unspecified atom stereocenters. The molecule has 3 aromatic carbocycles. The van der Waals surface area contributed by atoms with Gasteiger partial charge in [0.25, 0.3) is 0 Å². The number of rotatable bonds is 10. The second kappa shape index (κ2) is 14.3. The molecule has 2 heterocycles. The number of likely N-dealkylation sites (tertiary alicyclic amines) is 1. The Morgan fingerprint density at radius 1 is 0.902 bits per heavy atom. The van der Waals surface area contributed by atoms with Crippen LogP contribution in [0.5, 0.6) is 5.75 Å². The van der Waals surface area contributed by atoms with Gasteiger partial charge in [-0.2, -0.15) is 0 Å². The highest BCUT2D eigenvalue weighted by molar-refractivity contribution is 6.30. The highest BCUT2D eigenvalue weighted by Gasteiger charge is 2.32. The van der Waals surface area contributed by atoms with Gasteiger partial charge in [0.1, 0.15) is 5.75 Å². The van der Waals surface area contributed by atoms with Gasteiger partial charge in [0.05, 0.1) is 12.6 Å². The van der Waals surface area contributed by atoms with Gasteiger partial charge in [0.15, 0.2) is 0 Å². The molecule has 0 radical (unpaired) electrons. The maximum absolute atomic E-state index is 13.3. The molecule has 3 aromatic rings. The van der Waals surface area contributed by atoms with Crippen molar-refractivity contribution in [1.82, 2.24) is 14.7 Å². The Balaban J connectivity index is 1.07. The summed E-state index contributed by atoms with van der Waals surface area (Å²) in [5.74, 6) is 1.30. The monoisotopic (exact) mass is 574 g/mol. The van der Waals surface area contributed by atoms with Crippen molar-refractivity contribution >= 4 is 17.5 Å². The van der Waals surface area contributed by atoms with Gasteiger partial charge in [-0.25, -0.2) is 0 Å². The van der Waals surface area contributed by atoms with Crippen molar-refractivity contribution in [3.05, 3.63) is 88.9 Å². The fraction of sp³-hybridized carbons (Fsp3) is 0.441. The maximum Gasteiger partial charge on any atom is 0.239 e. The number of carbonyl (C=O) groups is 1. The van der Waals surface area contributed by atoms with Crippen LogP contribution in [0.4, 0.5) is 0 Å². The summed E-state index contributed by atoms with van der Waals surface area (Å²) in [6, 6.07) is 24.5. The van der Waals surface area contributed by atoms with E-state index < -0.39 is 6.04 Å². The third-order valence-corrected chi connectivity index (χ3v) is 8.86. The summed E-state index contributed by atoms with van der Waals surface area (Å²) < 4.78 is 5.79. The molecule has 0 bridgehead atoms. The number of ether oxygens (including phenoxy) is 1. The first-order chi connectivity index (χ1) is 20.0. The van der Waals surface area contributed by atoms with Crippen molar-refractivity contribution in [2.45, 2.75) is 38.8 Å². The first-order valence-electron chi connectivity index (χ1n) is 15.1. The lowest BCUT2D eigenvalue weighted by molar-refractivity contribution is -0.136. The Morgan fingerprint density at radius 3 is 2.34 bits per heavy atom. The van der Waals surface area contributed by atoms with Crippen LogP contribution in [0.3, 0.4) is 0 Å². The zero-order chi connectivity index (χ0) is 28.6. The summed E-state index contributed by atoms with van der Waals surface area (Å²) in [4.78, 5) is 20.2. The largest absolute Gasteiger partial charge is 0.494 e. The van der Waals surface area contributed by atoms with Gasteiger partial charge >= 0.3 is 0 Å². The predicted molar refractivity (Wildman–Crippen MR) is 167 cm³/mol. The van der Waals surface area contributed by atoms with Crippen LogP contribution < -0.4 is 10.5 Å². The Hall–Kier alpha value is -2.90. The van der Waals surface area contributed by atoms with E-state index in [4.69, 9.17) is 22.1 Å². The summed E-state index contributed by atoms with van der Waals surface area (Å²) in [6.45, 7) is 9.59. The summed E-state index contributed by atoms with van der Waals surface area (Å²) >= 11 is 6.36. The minimum absolute atomic E-state index is 0.115. The molecule has 41 heavy (non-hydrogen) atoms. The number of hydrogen-bond donors (Lipinski definition) is 1. The fourth-order valence-corrected chi connectivity index (χ4v) is 6.39. The number of piperazine rings is 1. The molecule has 0 saturated carbocycles. The van der Waals surface area contributed by atoms with Crippen LogP contribution in [0.2, 0.25) is 5.02 Å². The van der Waals surface area contributed by atoms with E-state index in [0.717, 1.165) is 82.4 Å². The molecule has 6 nitrogen and oxygen atoms in total. The summed E-state index contributed by atoms with van der Waals surface area (Å²) in [7, 11) is 0. The second-order valence-corrected chi connectivity index (χ2v) is 11.7. The molecule has 2 saturated heterocycles. The van der Waals surface area contributed by atoms with Crippen LogP contribution in [0.1, 0.15) is 30.9 Å². The minimum atomic E-state index is -0.417. The Kier molecular flexibility index (Phi) is 10.3. The van der Waals surface area contributed by atoms with Gasteiger partial charge in [-0.1, -0.05) is 66.2 Å². The van der Waals surface area contributed by atoms with Gasteiger partial charge < -0.3 is 20.3 Å². The van der Waals surface area contributed by atoms with Crippen molar-refractivity contribution in [3.63, 3.8) is 0 Å². The van der Waals surface area contributed by atoms with Crippen molar-refractivity contribution < 1.29 is 9.53 Å². The van der Waals surface area contributed by atoms with Crippen molar-refractivity contribution in [1.29, 1.82) is 0 Å². The molecule has 2 aliphatic rings. The maximum atomic E-state index is 13.3. The lowest BCUT2D eigenvalue weighted by Gasteiger charge is -2.39. The molecule has 1 atom stereocenters. The van der Waals surface area contributed by atoms with Crippen LogP contribution in [-0.2, 0) is 17.8 Å². The molecule has 2 fully saturated rings. The molecule has 7 heteroatoms. The summed E-state index contributed by atoms with van der Waals surface area (Å²) in [6.07, 6.45) is 2.87. The van der Waals surface area contributed by atoms with Crippen molar-refractivity contribution in [2.24, 2.45) is 11.7 Å². The molecule has 0 aromatic heterocycles. The standard InChI is InChI=1S/C34H43ClN4O2/c1-2-41-32-11-7-6-10-29(32)25-38-20-22-39(23-21-38)34(40)33(36)27-14-17-37(18-15-27)19-16-28-24-30(35)12-13-31(28)26-8-4-3-5-9-26/h3-13,24,27,33H,2,14-23,25,36H2,1H3/t33-/m1/s1. The normalized spacial score (nSPS) is 17.9. The molecule has 2 N–H and O–H groups in total. The zero-order valence-corrected chi connectivity index (χ0v) is 24.9. The van der Waals surface area contributed by atoms with E-state index in [0.29, 0.717) is 6.61 Å². The number of nitrogens with two attached hydrogens (primary N) is 1. The molecule has 0 aliphatic carbocycles. The highest BCUT2D eigenvalue weighted by atomic mass is 35.5. The number of para-hydroxylation sites is 1. The zero-order valence-electron chi connectivity index (χ0n) is 24.2. The third kappa shape index (κ3) is 7.69. The Labute approximate surface area is 250 Å². The molecular weight excluding hydrogens is 532 g/mol. The number of benzene rings is 3. The molecule has 1 amide bonds. The minimum Gasteiger partial charge on any atom is -0.494 e. The van der Waals surface area contributed by atoms with Crippen LogP contribution in [0.15, 0.2) is 72.8 Å². The molecule has 0 spiro atoms. The molecule has 2 aliphatic heterocycles. The molecule has 218 valence electrons. The van der Waals surface area contributed by atoms with Crippen LogP contribution in [0, 0.1) is 5.92 Å². The van der Waals surface area contributed by atoms with Gasteiger partial charge in [-0.15, -0.1) is 0 Å². The van der Waals surface area contributed by atoms with Crippen molar-refractivity contribution in [2.75, 3.05) is 52.4 Å². The lowest BCUT2D eigenvalue weighted by Crippen LogP contribution is -2.55. The SMILES string of the molecule is CCOc1ccccc1CN1CCN(C(=O)[C@H](N)C2CCN(CCc3cc(Cl)ccc3-c3ccccc3)CC2)CC1. The second-order valence-electron chi connectivity index (χ2n) is 11.3. The Morgan fingerprint density at radius 2 is 1.61 bits per heavy atom. The van der Waals surface area contributed by atoms with Crippen molar-refractivity contribution in [3.8, 4) is 16.9 Å². The number of carbonyl (C=O) groups excluding carboxylic acids is 1. The van der Waals surface area contributed by atoms with Crippen LogP contribution in [-0.4, -0.2) is 79.1 Å². The summed E-state index contributed by atoms with van der Waals surface area (Å²) in [5, 5.41) is 0.777. The number of halogens is 1. The fourth-order valence-electron chi connectivity index (χ4n) is 6.19. The van der Waals surface area contributed by atoms with E-state index >= 15 is 0 Å². The number of piperidine rings is 1. The van der Waals surface area contributed by atoms with Gasteiger partial charge in [-0.05, 0) is 80.1 Å². The predicted octanol–water partition coefficient (Wildman–Crippen LogP) is 5.33. The number of nitrogens with zero attached hydrogens (tertiary/aromatic N) is 3. The van der Waals surface area contributed by atoms with Crippen LogP contribution >= 0.6 is 11.6 Å². The summed E-state index contributed by atoms with van der Waals surface area (Å²) in [5.41, 5.74) is 11.5. The lowest BCUT2D eigenvalue weighted by atomic mass is 9.88. The first-order valence-corrected chi connectivity index (χ1v) is 15.4. The molecular formula is C34H43ClN4O2. The van der Waals surface area contributed by atoms with E-state index in [1.54, 1.807) is 0 Å². The smallest absolute Gasteiger partial charge is 0.239 e. The average molecular weight is 575 g/mol. The van der Waals surface area contributed by atoms with E-state index in [1.165, 1.54) is 22.3 Å². The number of hydrogen-bond acceptors (Lipinski definition) is 5.